The summed E-state index contributed by atoms with van der Waals surface area (Å²) in [7, 11) is 2.91. The zero-order valence-corrected chi connectivity index (χ0v) is 15.3. The van der Waals surface area contributed by atoms with Crippen LogP contribution >= 0.6 is 21.6 Å². The predicted molar refractivity (Wildman–Crippen MR) is 107 cm³/mol. The second-order valence-corrected chi connectivity index (χ2v) is 7.41. The molecule has 2 heterocycles. The summed E-state index contributed by atoms with van der Waals surface area (Å²) in [5.74, 6) is 0. The van der Waals surface area contributed by atoms with Crippen molar-refractivity contribution in [3.05, 3.63) is 85.2 Å². The topological polar surface area (TPSA) is 51.6 Å². The summed E-state index contributed by atoms with van der Waals surface area (Å²) in [5, 5.41) is 1.37. The van der Waals surface area contributed by atoms with Crippen LogP contribution in [0.25, 0.3) is 22.5 Å². The Morgan fingerprint density at radius 1 is 0.500 bits per heavy atom. The standard InChI is InChI=1S/C20H14N4S2/c1-3-7-15(8-4-1)17-11-13-21-19(23-17)25-26-20-22-14-12-18(24-20)16-9-5-2-6-10-16/h1-14H. The minimum atomic E-state index is 0.685. The number of hydrogen-bond donors (Lipinski definition) is 0. The Hall–Kier alpha value is -2.70. The Kier molecular flexibility index (Phi) is 5.23. The van der Waals surface area contributed by atoms with Gasteiger partial charge in [-0.3, -0.25) is 0 Å². The molecule has 4 aromatic rings. The monoisotopic (exact) mass is 374 g/mol. The molecular weight excluding hydrogens is 360 g/mol. The molecular formula is C20H14N4S2. The Bertz CT molecular complexity index is 912. The molecule has 0 spiro atoms. The summed E-state index contributed by atoms with van der Waals surface area (Å²) in [6, 6.07) is 24.0. The van der Waals surface area contributed by atoms with Crippen molar-refractivity contribution in [3.63, 3.8) is 0 Å². The van der Waals surface area contributed by atoms with Crippen molar-refractivity contribution in [2.75, 3.05) is 0 Å². The van der Waals surface area contributed by atoms with Crippen LogP contribution < -0.4 is 0 Å². The first-order valence-electron chi connectivity index (χ1n) is 8.00. The lowest BCUT2D eigenvalue weighted by Gasteiger charge is -2.04. The van der Waals surface area contributed by atoms with Crippen molar-refractivity contribution in [2.24, 2.45) is 0 Å². The molecule has 4 rings (SSSR count). The number of rotatable bonds is 5. The smallest absolute Gasteiger partial charge is 0.199 e. The highest BCUT2D eigenvalue weighted by Gasteiger charge is 2.07. The van der Waals surface area contributed by atoms with E-state index in [-0.39, 0.29) is 0 Å². The molecule has 0 bridgehead atoms. The van der Waals surface area contributed by atoms with Crippen molar-refractivity contribution >= 4 is 21.6 Å². The van der Waals surface area contributed by atoms with Gasteiger partial charge in [-0.25, -0.2) is 19.9 Å². The summed E-state index contributed by atoms with van der Waals surface area (Å²) in [6.45, 7) is 0. The molecule has 2 aromatic heterocycles. The maximum absolute atomic E-state index is 4.61. The minimum Gasteiger partial charge on any atom is -0.230 e. The second-order valence-electron chi connectivity index (χ2n) is 5.35. The van der Waals surface area contributed by atoms with E-state index in [1.165, 1.54) is 21.6 Å². The van der Waals surface area contributed by atoms with Crippen molar-refractivity contribution < 1.29 is 0 Å². The van der Waals surface area contributed by atoms with Gasteiger partial charge in [-0.15, -0.1) is 0 Å². The van der Waals surface area contributed by atoms with E-state index >= 15 is 0 Å². The molecule has 0 unspecified atom stereocenters. The summed E-state index contributed by atoms with van der Waals surface area (Å²) in [4.78, 5) is 17.9. The molecule has 4 nitrogen and oxygen atoms in total. The van der Waals surface area contributed by atoms with Gasteiger partial charge < -0.3 is 0 Å². The van der Waals surface area contributed by atoms with Crippen LogP contribution in [0, 0.1) is 0 Å². The SMILES string of the molecule is c1ccc(-c2ccnc(SSc3nccc(-c4ccccc4)n3)n2)cc1. The number of aromatic nitrogens is 4. The minimum absolute atomic E-state index is 0.685. The van der Waals surface area contributed by atoms with E-state index < -0.39 is 0 Å². The summed E-state index contributed by atoms with van der Waals surface area (Å²) >= 11 is 0. The van der Waals surface area contributed by atoms with E-state index in [2.05, 4.69) is 19.9 Å². The fraction of sp³-hybridized carbons (Fsp3) is 0. The fourth-order valence-corrected chi connectivity index (χ4v) is 3.93. The lowest BCUT2D eigenvalue weighted by molar-refractivity contribution is 0.972. The van der Waals surface area contributed by atoms with Gasteiger partial charge in [-0.05, 0) is 33.7 Å². The molecule has 0 saturated carbocycles. The first kappa shape index (κ1) is 16.8. The van der Waals surface area contributed by atoms with Crippen LogP contribution in [0.3, 0.4) is 0 Å². The molecule has 0 fully saturated rings. The second kappa shape index (κ2) is 8.12. The highest BCUT2D eigenvalue weighted by atomic mass is 33.1. The van der Waals surface area contributed by atoms with Gasteiger partial charge in [0.25, 0.3) is 0 Å². The Labute approximate surface area is 159 Å². The Morgan fingerprint density at radius 2 is 0.923 bits per heavy atom. The molecule has 6 heteroatoms. The summed E-state index contributed by atoms with van der Waals surface area (Å²) in [6.07, 6.45) is 3.55. The van der Waals surface area contributed by atoms with Crippen LogP contribution in [0.5, 0.6) is 0 Å². The molecule has 0 saturated heterocycles. The maximum Gasteiger partial charge on any atom is 0.199 e. The highest BCUT2D eigenvalue weighted by Crippen LogP contribution is 2.34. The summed E-state index contributed by atoms with van der Waals surface area (Å²) < 4.78 is 0. The lowest BCUT2D eigenvalue weighted by atomic mass is 10.1. The van der Waals surface area contributed by atoms with Crippen molar-refractivity contribution in [2.45, 2.75) is 10.3 Å². The molecule has 0 N–H and O–H groups in total. The van der Waals surface area contributed by atoms with Gasteiger partial charge in [-0.2, -0.15) is 0 Å². The molecule has 2 aromatic carbocycles. The third-order valence-corrected chi connectivity index (χ3v) is 5.52. The Morgan fingerprint density at radius 3 is 1.35 bits per heavy atom. The van der Waals surface area contributed by atoms with E-state index in [9.17, 15) is 0 Å². The normalized spacial score (nSPS) is 10.6. The van der Waals surface area contributed by atoms with Crippen molar-refractivity contribution in [3.8, 4) is 22.5 Å². The van der Waals surface area contributed by atoms with E-state index in [1.807, 2.05) is 72.8 Å². The number of nitrogens with zero attached hydrogens (tertiary/aromatic N) is 4. The van der Waals surface area contributed by atoms with Crippen molar-refractivity contribution in [1.29, 1.82) is 0 Å². The van der Waals surface area contributed by atoms with Crippen LogP contribution in [0.15, 0.2) is 95.5 Å². The first-order valence-corrected chi connectivity index (χ1v) is 10.1. The van der Waals surface area contributed by atoms with Crippen LogP contribution in [-0.2, 0) is 0 Å². The first-order chi connectivity index (χ1) is 12.9. The van der Waals surface area contributed by atoms with Gasteiger partial charge in [0, 0.05) is 23.5 Å². The third-order valence-electron chi connectivity index (χ3n) is 3.60. The zero-order chi connectivity index (χ0) is 17.6. The maximum atomic E-state index is 4.61. The van der Waals surface area contributed by atoms with Crippen LogP contribution in [-0.4, -0.2) is 19.9 Å². The van der Waals surface area contributed by atoms with E-state index in [0.29, 0.717) is 10.3 Å². The predicted octanol–water partition coefficient (Wildman–Crippen LogP) is 5.40. The fourth-order valence-electron chi connectivity index (χ4n) is 2.38. The van der Waals surface area contributed by atoms with Gasteiger partial charge in [0.05, 0.1) is 11.4 Å². The van der Waals surface area contributed by atoms with E-state index in [4.69, 9.17) is 0 Å². The van der Waals surface area contributed by atoms with Gasteiger partial charge in [0.15, 0.2) is 10.3 Å². The molecule has 126 valence electrons. The van der Waals surface area contributed by atoms with E-state index in [0.717, 1.165) is 22.5 Å². The van der Waals surface area contributed by atoms with Crippen molar-refractivity contribution in [1.82, 2.24) is 19.9 Å². The Balaban J connectivity index is 1.50. The largest absolute Gasteiger partial charge is 0.230 e. The van der Waals surface area contributed by atoms with Crippen LogP contribution in [0.2, 0.25) is 0 Å². The molecule has 0 aliphatic carbocycles. The molecule has 26 heavy (non-hydrogen) atoms. The number of benzene rings is 2. The lowest BCUT2D eigenvalue weighted by Crippen LogP contribution is -1.90. The van der Waals surface area contributed by atoms with E-state index in [1.54, 1.807) is 12.4 Å². The van der Waals surface area contributed by atoms with Gasteiger partial charge >= 0.3 is 0 Å². The molecule has 0 aliphatic heterocycles. The molecule has 0 amide bonds. The molecule has 0 aliphatic rings. The van der Waals surface area contributed by atoms with Gasteiger partial charge in [-0.1, -0.05) is 60.7 Å². The number of hydrogen-bond acceptors (Lipinski definition) is 6. The highest BCUT2D eigenvalue weighted by molar-refractivity contribution is 8.76. The third kappa shape index (κ3) is 4.09. The summed E-state index contributed by atoms with van der Waals surface area (Å²) in [5.41, 5.74) is 3.96. The zero-order valence-electron chi connectivity index (χ0n) is 13.7. The van der Waals surface area contributed by atoms with Crippen LogP contribution in [0.4, 0.5) is 0 Å². The average Bonchev–Trinajstić information content (AvgIpc) is 2.74. The van der Waals surface area contributed by atoms with Crippen LogP contribution in [0.1, 0.15) is 0 Å². The molecule has 0 atom stereocenters. The molecule has 0 radical (unpaired) electrons. The van der Waals surface area contributed by atoms with Gasteiger partial charge in [0.1, 0.15) is 0 Å². The quantitative estimate of drug-likeness (QED) is 0.344. The average molecular weight is 374 g/mol. The van der Waals surface area contributed by atoms with Gasteiger partial charge in [0.2, 0.25) is 0 Å².